The summed E-state index contributed by atoms with van der Waals surface area (Å²) in [5, 5.41) is 10.9. The predicted molar refractivity (Wildman–Crippen MR) is 56.0 cm³/mol. The number of alkyl halides is 2. The van der Waals surface area contributed by atoms with Gasteiger partial charge in [-0.2, -0.15) is 0 Å². The van der Waals surface area contributed by atoms with E-state index in [9.17, 15) is 18.9 Å². The number of hydrazine groups is 1. The molecule has 92 valence electrons. The largest absolute Gasteiger partial charge is 0.264 e. The average Bonchev–Trinajstić information content (AvgIpc) is 2.74. The molecule has 1 aromatic rings. The maximum absolute atomic E-state index is 12.6. The molecule has 1 aliphatic rings. The highest BCUT2D eigenvalue weighted by Gasteiger charge is 2.49. The molecule has 1 fully saturated rings. The Balaban J connectivity index is 2.27. The van der Waals surface area contributed by atoms with Gasteiger partial charge in [-0.1, -0.05) is 30.3 Å². The normalized spacial score (nSPS) is 28.5. The molecule has 2 N–H and O–H groups in total. The number of rotatable bonds is 3. The summed E-state index contributed by atoms with van der Waals surface area (Å²) >= 11 is 0. The molecule has 17 heavy (non-hydrogen) atoms. The third-order valence-corrected chi connectivity index (χ3v) is 2.79. The number of halogens is 2. The standard InChI is InChI=1S/C10H11F2N3O2/c11-10(12)8-9(15(16)17)7(13-14-8)6-4-2-1-3-5-6/h1-5,7-10,13-14H. The Labute approximate surface area is 95.9 Å². The van der Waals surface area contributed by atoms with Gasteiger partial charge in [0.2, 0.25) is 0 Å². The van der Waals surface area contributed by atoms with E-state index < -0.39 is 29.5 Å². The van der Waals surface area contributed by atoms with Crippen molar-refractivity contribution >= 4 is 0 Å². The lowest BCUT2D eigenvalue weighted by molar-refractivity contribution is -0.529. The van der Waals surface area contributed by atoms with E-state index in [2.05, 4.69) is 10.9 Å². The predicted octanol–water partition coefficient (Wildman–Crippen LogP) is 1.11. The van der Waals surface area contributed by atoms with Crippen LogP contribution in [-0.4, -0.2) is 23.4 Å². The maximum atomic E-state index is 12.6. The first-order valence-electron chi connectivity index (χ1n) is 5.09. The van der Waals surface area contributed by atoms with Crippen molar-refractivity contribution in [3.05, 3.63) is 46.0 Å². The van der Waals surface area contributed by atoms with E-state index in [0.717, 1.165) is 0 Å². The summed E-state index contributed by atoms with van der Waals surface area (Å²) in [6, 6.07) is 4.93. The van der Waals surface area contributed by atoms with E-state index in [-0.39, 0.29) is 0 Å². The number of benzene rings is 1. The van der Waals surface area contributed by atoms with Gasteiger partial charge in [0.1, 0.15) is 6.04 Å². The van der Waals surface area contributed by atoms with Gasteiger partial charge < -0.3 is 0 Å². The molecule has 5 nitrogen and oxygen atoms in total. The highest BCUT2D eigenvalue weighted by Crippen LogP contribution is 2.27. The molecule has 0 spiro atoms. The molecular weight excluding hydrogens is 232 g/mol. The third kappa shape index (κ3) is 2.25. The van der Waals surface area contributed by atoms with E-state index >= 15 is 0 Å². The molecule has 7 heteroatoms. The minimum absolute atomic E-state index is 0.616. The van der Waals surface area contributed by atoms with Crippen LogP contribution in [0.15, 0.2) is 30.3 Å². The quantitative estimate of drug-likeness (QED) is 0.616. The zero-order chi connectivity index (χ0) is 12.4. The van der Waals surface area contributed by atoms with Crippen molar-refractivity contribution in [3.63, 3.8) is 0 Å². The third-order valence-electron chi connectivity index (χ3n) is 2.79. The van der Waals surface area contributed by atoms with Gasteiger partial charge in [-0.3, -0.25) is 10.1 Å². The molecule has 0 aromatic heterocycles. The Morgan fingerprint density at radius 1 is 1.24 bits per heavy atom. The fourth-order valence-electron chi connectivity index (χ4n) is 1.97. The molecule has 1 aromatic carbocycles. The van der Waals surface area contributed by atoms with E-state index in [1.54, 1.807) is 30.3 Å². The first kappa shape index (κ1) is 11.9. The summed E-state index contributed by atoms with van der Waals surface area (Å²) in [7, 11) is 0. The Hall–Kier alpha value is -1.60. The van der Waals surface area contributed by atoms with Crippen LogP contribution in [-0.2, 0) is 0 Å². The van der Waals surface area contributed by atoms with Gasteiger partial charge in [-0.05, 0) is 5.56 Å². The topological polar surface area (TPSA) is 67.2 Å². The molecule has 3 unspecified atom stereocenters. The fourth-order valence-corrected chi connectivity index (χ4v) is 1.97. The van der Waals surface area contributed by atoms with Crippen LogP contribution in [0.3, 0.4) is 0 Å². The summed E-state index contributed by atoms with van der Waals surface area (Å²) < 4.78 is 25.3. The van der Waals surface area contributed by atoms with E-state index in [1.165, 1.54) is 0 Å². The molecule has 1 aliphatic heterocycles. The van der Waals surface area contributed by atoms with Gasteiger partial charge in [0.25, 0.3) is 12.5 Å². The van der Waals surface area contributed by atoms with Crippen LogP contribution in [0.25, 0.3) is 0 Å². The Morgan fingerprint density at radius 2 is 1.88 bits per heavy atom. The first-order valence-corrected chi connectivity index (χ1v) is 5.09. The molecule has 1 heterocycles. The highest BCUT2D eigenvalue weighted by molar-refractivity contribution is 5.22. The smallest absolute Gasteiger partial charge is 0.261 e. The van der Waals surface area contributed by atoms with Crippen molar-refractivity contribution in [2.45, 2.75) is 24.6 Å². The van der Waals surface area contributed by atoms with Crippen LogP contribution in [0.4, 0.5) is 8.78 Å². The highest BCUT2D eigenvalue weighted by atomic mass is 19.3. The number of nitro groups is 1. The zero-order valence-corrected chi connectivity index (χ0v) is 8.72. The first-order chi connectivity index (χ1) is 8.11. The van der Waals surface area contributed by atoms with E-state index in [1.807, 2.05) is 0 Å². The van der Waals surface area contributed by atoms with E-state index in [4.69, 9.17) is 0 Å². The molecule has 0 amide bonds. The van der Waals surface area contributed by atoms with Crippen LogP contribution in [0, 0.1) is 10.1 Å². The second-order valence-corrected chi connectivity index (χ2v) is 3.81. The number of nitrogens with zero attached hydrogens (tertiary/aromatic N) is 1. The van der Waals surface area contributed by atoms with Crippen molar-refractivity contribution in [1.29, 1.82) is 0 Å². The summed E-state index contributed by atoms with van der Waals surface area (Å²) in [5.41, 5.74) is 5.47. The Kier molecular flexibility index (Phi) is 3.30. The Morgan fingerprint density at radius 3 is 2.41 bits per heavy atom. The van der Waals surface area contributed by atoms with Crippen LogP contribution >= 0.6 is 0 Å². The van der Waals surface area contributed by atoms with Gasteiger partial charge in [-0.25, -0.2) is 19.6 Å². The zero-order valence-electron chi connectivity index (χ0n) is 8.72. The van der Waals surface area contributed by atoms with Crippen LogP contribution in [0.2, 0.25) is 0 Å². The number of hydrogen-bond donors (Lipinski definition) is 2. The van der Waals surface area contributed by atoms with Gasteiger partial charge >= 0.3 is 0 Å². The van der Waals surface area contributed by atoms with Crippen LogP contribution in [0.5, 0.6) is 0 Å². The SMILES string of the molecule is O=[N+]([O-])C1C(c2ccccc2)NNC1C(F)F. The molecule has 1 saturated heterocycles. The van der Waals surface area contributed by atoms with Crippen LogP contribution in [0.1, 0.15) is 11.6 Å². The molecular formula is C10H11F2N3O2. The van der Waals surface area contributed by atoms with Crippen molar-refractivity contribution < 1.29 is 13.7 Å². The number of hydrogen-bond acceptors (Lipinski definition) is 4. The average molecular weight is 243 g/mol. The van der Waals surface area contributed by atoms with Crippen molar-refractivity contribution in [2.24, 2.45) is 0 Å². The summed E-state index contributed by atoms with van der Waals surface area (Å²) in [6.07, 6.45) is -2.79. The van der Waals surface area contributed by atoms with Crippen molar-refractivity contribution in [3.8, 4) is 0 Å². The molecule has 0 bridgehead atoms. The summed E-state index contributed by atoms with van der Waals surface area (Å²) in [4.78, 5) is 10.2. The summed E-state index contributed by atoms with van der Waals surface area (Å²) in [5.74, 6) is 0. The molecule has 2 rings (SSSR count). The van der Waals surface area contributed by atoms with Gasteiger partial charge in [0, 0.05) is 4.92 Å². The second kappa shape index (κ2) is 4.72. The lowest BCUT2D eigenvalue weighted by Crippen LogP contribution is -2.43. The monoisotopic (exact) mass is 243 g/mol. The van der Waals surface area contributed by atoms with Crippen LogP contribution < -0.4 is 10.9 Å². The van der Waals surface area contributed by atoms with Gasteiger partial charge in [0.15, 0.2) is 6.04 Å². The Bertz CT molecular complexity index is 402. The minimum Gasteiger partial charge on any atom is -0.264 e. The van der Waals surface area contributed by atoms with Crippen molar-refractivity contribution in [1.82, 2.24) is 10.9 Å². The lowest BCUT2D eigenvalue weighted by atomic mass is 9.97. The number of nitrogens with one attached hydrogen (secondary N) is 2. The van der Waals surface area contributed by atoms with Gasteiger partial charge in [0.05, 0.1) is 0 Å². The fraction of sp³-hybridized carbons (Fsp3) is 0.400. The molecule has 0 aliphatic carbocycles. The maximum Gasteiger partial charge on any atom is 0.261 e. The van der Waals surface area contributed by atoms with E-state index in [0.29, 0.717) is 5.56 Å². The van der Waals surface area contributed by atoms with Crippen molar-refractivity contribution in [2.75, 3.05) is 0 Å². The summed E-state index contributed by atoms with van der Waals surface area (Å²) in [6.45, 7) is 0. The second-order valence-electron chi connectivity index (χ2n) is 3.81. The molecule has 0 saturated carbocycles. The molecule has 3 atom stereocenters. The minimum atomic E-state index is -2.79. The molecule has 0 radical (unpaired) electrons. The van der Waals surface area contributed by atoms with Gasteiger partial charge in [-0.15, -0.1) is 0 Å². The lowest BCUT2D eigenvalue weighted by Gasteiger charge is -2.15.